The Morgan fingerprint density at radius 3 is 2.64 bits per heavy atom. The van der Waals surface area contributed by atoms with E-state index in [1.807, 2.05) is 18.2 Å². The maximum atomic E-state index is 11.2. The van der Waals surface area contributed by atoms with E-state index in [2.05, 4.69) is 32.2 Å². The Labute approximate surface area is 157 Å². The van der Waals surface area contributed by atoms with Crippen molar-refractivity contribution >= 4 is 30.1 Å². The monoisotopic (exact) mass is 382 g/mol. The van der Waals surface area contributed by atoms with Crippen molar-refractivity contribution in [3.05, 3.63) is 41.7 Å². The van der Waals surface area contributed by atoms with E-state index in [0.717, 1.165) is 37.3 Å². The van der Waals surface area contributed by atoms with Gasteiger partial charge in [-0.25, -0.2) is 0 Å². The Hall–Kier alpha value is -1.57. The van der Waals surface area contributed by atoms with Crippen molar-refractivity contribution in [2.45, 2.75) is 42.6 Å². The Balaban J connectivity index is 0.00000225. The average molecular weight is 383 g/mol. The third kappa shape index (κ3) is 4.96. The molecule has 0 amide bonds. The van der Waals surface area contributed by atoms with Crippen LogP contribution in [0.25, 0.3) is 0 Å². The molecule has 1 atom stereocenters. The van der Waals surface area contributed by atoms with Gasteiger partial charge in [-0.2, -0.15) is 0 Å². The van der Waals surface area contributed by atoms with Gasteiger partial charge in [0.05, 0.1) is 6.54 Å². The zero-order valence-corrected chi connectivity index (χ0v) is 15.7. The first-order chi connectivity index (χ1) is 11.6. The highest BCUT2D eigenvalue weighted by Crippen LogP contribution is 2.29. The summed E-state index contributed by atoms with van der Waals surface area (Å²) in [4.78, 5) is 11.2. The fraction of sp³-hybridized carbons (Fsp3) is 0.471. The first-order valence-corrected chi connectivity index (χ1v) is 9.10. The molecule has 1 fully saturated rings. The molecule has 3 rings (SSSR count). The van der Waals surface area contributed by atoms with Crippen LogP contribution < -0.4 is 5.32 Å². The van der Waals surface area contributed by atoms with Crippen LogP contribution in [-0.2, 0) is 11.3 Å². The summed E-state index contributed by atoms with van der Waals surface area (Å²) < 4.78 is 2.09. The summed E-state index contributed by atoms with van der Waals surface area (Å²) in [5.41, 5.74) is 1.16. The molecule has 2 N–H and O–H groups in total. The number of hydrogen-bond acceptors (Lipinski definition) is 5. The number of carbonyl (C=O) groups is 1. The van der Waals surface area contributed by atoms with Crippen LogP contribution in [0.1, 0.15) is 37.1 Å². The molecule has 0 radical (unpaired) electrons. The predicted molar refractivity (Wildman–Crippen MR) is 101 cm³/mol. The number of nitrogens with one attached hydrogen (secondary N) is 1. The number of piperidine rings is 1. The number of rotatable bonds is 6. The quantitative estimate of drug-likeness (QED) is 0.748. The number of carboxylic acid groups (broad SMARTS) is 1. The molecular weight excluding hydrogens is 360 g/mol. The van der Waals surface area contributed by atoms with Gasteiger partial charge in [-0.1, -0.05) is 42.1 Å². The number of halogens is 1. The molecule has 1 aromatic heterocycles. The average Bonchev–Trinajstić information content (AvgIpc) is 2.99. The summed E-state index contributed by atoms with van der Waals surface area (Å²) in [6.07, 6.45) is 2.07. The minimum absolute atomic E-state index is 0. The SMILES string of the molecule is CC(Sc1nnc(C2CCNCC2)n1Cc1ccccc1)C(=O)O.Cl. The molecule has 8 heteroatoms. The van der Waals surface area contributed by atoms with Crippen LogP contribution in [0.5, 0.6) is 0 Å². The van der Waals surface area contributed by atoms with Gasteiger partial charge in [0.25, 0.3) is 0 Å². The molecule has 2 aromatic rings. The second-order valence-electron chi connectivity index (χ2n) is 6.04. The van der Waals surface area contributed by atoms with Gasteiger partial charge in [-0.15, -0.1) is 22.6 Å². The van der Waals surface area contributed by atoms with Crippen molar-refractivity contribution in [1.29, 1.82) is 0 Å². The number of aromatic nitrogens is 3. The predicted octanol–water partition coefficient (Wildman–Crippen LogP) is 2.78. The number of benzene rings is 1. The van der Waals surface area contributed by atoms with Gasteiger partial charge in [-0.3, -0.25) is 4.79 Å². The van der Waals surface area contributed by atoms with Gasteiger partial charge >= 0.3 is 5.97 Å². The first-order valence-electron chi connectivity index (χ1n) is 8.22. The lowest BCUT2D eigenvalue weighted by molar-refractivity contribution is -0.136. The lowest BCUT2D eigenvalue weighted by Gasteiger charge is -2.23. The van der Waals surface area contributed by atoms with Crippen LogP contribution in [0.3, 0.4) is 0 Å². The molecule has 2 heterocycles. The molecule has 0 aliphatic carbocycles. The lowest BCUT2D eigenvalue weighted by Crippen LogP contribution is -2.28. The van der Waals surface area contributed by atoms with E-state index < -0.39 is 11.2 Å². The molecule has 6 nitrogen and oxygen atoms in total. The molecular formula is C17H23ClN4O2S. The molecule has 1 unspecified atom stereocenters. The van der Waals surface area contributed by atoms with Crippen LogP contribution in [0.4, 0.5) is 0 Å². The van der Waals surface area contributed by atoms with Crippen molar-refractivity contribution in [1.82, 2.24) is 20.1 Å². The van der Waals surface area contributed by atoms with Gasteiger partial charge in [0, 0.05) is 5.92 Å². The third-order valence-electron chi connectivity index (χ3n) is 4.26. The largest absolute Gasteiger partial charge is 0.480 e. The summed E-state index contributed by atoms with van der Waals surface area (Å²) in [5, 5.41) is 21.4. The highest BCUT2D eigenvalue weighted by atomic mass is 35.5. The van der Waals surface area contributed by atoms with E-state index in [4.69, 9.17) is 0 Å². The van der Waals surface area contributed by atoms with E-state index in [0.29, 0.717) is 17.6 Å². The minimum Gasteiger partial charge on any atom is -0.480 e. The molecule has 1 aliphatic heterocycles. The summed E-state index contributed by atoms with van der Waals surface area (Å²) in [6, 6.07) is 10.2. The van der Waals surface area contributed by atoms with Gasteiger partial charge in [0.15, 0.2) is 5.16 Å². The first kappa shape index (κ1) is 19.8. The van der Waals surface area contributed by atoms with Crippen molar-refractivity contribution in [3.63, 3.8) is 0 Å². The molecule has 0 spiro atoms. The second-order valence-corrected chi connectivity index (χ2v) is 7.34. The molecule has 1 aromatic carbocycles. The maximum absolute atomic E-state index is 11.2. The van der Waals surface area contributed by atoms with E-state index in [-0.39, 0.29) is 12.4 Å². The Morgan fingerprint density at radius 2 is 2.00 bits per heavy atom. The van der Waals surface area contributed by atoms with Crippen molar-refractivity contribution < 1.29 is 9.90 Å². The number of thioether (sulfide) groups is 1. The van der Waals surface area contributed by atoms with Crippen LogP contribution in [0, 0.1) is 0 Å². The van der Waals surface area contributed by atoms with E-state index in [1.54, 1.807) is 6.92 Å². The zero-order valence-electron chi connectivity index (χ0n) is 14.1. The summed E-state index contributed by atoms with van der Waals surface area (Å²) in [6.45, 7) is 4.31. The second kappa shape index (κ2) is 9.22. The summed E-state index contributed by atoms with van der Waals surface area (Å²) >= 11 is 1.26. The van der Waals surface area contributed by atoms with Crippen LogP contribution in [-0.4, -0.2) is 44.2 Å². The highest BCUT2D eigenvalue weighted by molar-refractivity contribution is 8.00. The van der Waals surface area contributed by atoms with Gasteiger partial charge < -0.3 is 15.0 Å². The van der Waals surface area contributed by atoms with Crippen molar-refractivity contribution in [2.75, 3.05) is 13.1 Å². The van der Waals surface area contributed by atoms with E-state index in [1.165, 1.54) is 11.8 Å². The van der Waals surface area contributed by atoms with Gasteiger partial charge in [0.1, 0.15) is 11.1 Å². The fourth-order valence-electron chi connectivity index (χ4n) is 2.89. The number of aliphatic carboxylic acids is 1. The van der Waals surface area contributed by atoms with Crippen LogP contribution >= 0.6 is 24.2 Å². The zero-order chi connectivity index (χ0) is 16.9. The molecule has 0 saturated carbocycles. The summed E-state index contributed by atoms with van der Waals surface area (Å²) in [7, 11) is 0. The van der Waals surface area contributed by atoms with Crippen LogP contribution in [0.15, 0.2) is 35.5 Å². The van der Waals surface area contributed by atoms with Gasteiger partial charge in [-0.05, 0) is 38.4 Å². The van der Waals surface area contributed by atoms with Crippen molar-refractivity contribution in [2.24, 2.45) is 0 Å². The molecule has 1 aliphatic rings. The highest BCUT2D eigenvalue weighted by Gasteiger charge is 2.25. The normalized spacial score (nSPS) is 16.2. The smallest absolute Gasteiger partial charge is 0.316 e. The topological polar surface area (TPSA) is 80.0 Å². The van der Waals surface area contributed by atoms with Crippen molar-refractivity contribution in [3.8, 4) is 0 Å². The third-order valence-corrected chi connectivity index (χ3v) is 5.33. The molecule has 1 saturated heterocycles. The molecule has 0 bridgehead atoms. The maximum Gasteiger partial charge on any atom is 0.316 e. The van der Waals surface area contributed by atoms with E-state index >= 15 is 0 Å². The van der Waals surface area contributed by atoms with E-state index in [9.17, 15) is 9.90 Å². The molecule has 25 heavy (non-hydrogen) atoms. The molecule has 136 valence electrons. The number of hydrogen-bond donors (Lipinski definition) is 2. The van der Waals surface area contributed by atoms with Crippen LogP contribution in [0.2, 0.25) is 0 Å². The van der Waals surface area contributed by atoms with Gasteiger partial charge in [0.2, 0.25) is 0 Å². The fourth-order valence-corrected chi connectivity index (χ4v) is 3.68. The Bertz CT molecular complexity index is 689. The number of carboxylic acids is 1. The lowest BCUT2D eigenvalue weighted by atomic mass is 9.97. The minimum atomic E-state index is -0.835. The number of nitrogens with zero attached hydrogens (tertiary/aromatic N) is 3. The Morgan fingerprint density at radius 1 is 1.32 bits per heavy atom. The summed E-state index contributed by atoms with van der Waals surface area (Å²) in [5.74, 6) is 0.509. The Kier molecular flexibility index (Phi) is 7.28. The standard InChI is InChI=1S/C17H22N4O2S.ClH/c1-12(16(22)23)24-17-20-19-15(14-7-9-18-10-8-14)21(17)11-13-5-3-2-4-6-13;/h2-6,12,14,18H,7-11H2,1H3,(H,22,23);1H.